The summed E-state index contributed by atoms with van der Waals surface area (Å²) in [5.41, 5.74) is 6.42. The number of hydrogen-bond donors (Lipinski definition) is 2. The summed E-state index contributed by atoms with van der Waals surface area (Å²) in [6.07, 6.45) is 1.41. The summed E-state index contributed by atoms with van der Waals surface area (Å²) in [7, 11) is 0. The minimum absolute atomic E-state index is 0.115. The van der Waals surface area contributed by atoms with Crippen molar-refractivity contribution in [2.45, 2.75) is 18.9 Å². The van der Waals surface area contributed by atoms with E-state index in [4.69, 9.17) is 28.9 Å². The fourth-order valence-electron chi connectivity index (χ4n) is 2.71. The van der Waals surface area contributed by atoms with E-state index in [-0.39, 0.29) is 27.5 Å². The monoisotopic (exact) mass is 383 g/mol. The Bertz CT molecular complexity index is 757. The number of nitrogens with two attached hydrogens (primary N) is 1. The zero-order chi connectivity index (χ0) is 17.3. The Balaban J connectivity index is 1.75. The molecular weight excluding hydrogens is 369 g/mol. The molecule has 1 saturated heterocycles. The van der Waals surface area contributed by atoms with Crippen LogP contribution in [0, 0.1) is 0 Å². The molecule has 1 aromatic heterocycles. The Morgan fingerprint density at radius 1 is 1.29 bits per heavy atom. The lowest BCUT2D eigenvalue weighted by Gasteiger charge is -2.23. The Morgan fingerprint density at radius 2 is 2.00 bits per heavy atom. The van der Waals surface area contributed by atoms with Gasteiger partial charge in [-0.3, -0.25) is 9.59 Å². The van der Waals surface area contributed by atoms with Crippen LogP contribution in [-0.4, -0.2) is 29.3 Å². The van der Waals surface area contributed by atoms with Crippen molar-refractivity contribution in [3.8, 4) is 0 Å². The molecule has 126 valence electrons. The molecule has 0 bridgehead atoms. The van der Waals surface area contributed by atoms with Gasteiger partial charge in [0.25, 0.3) is 5.91 Å². The van der Waals surface area contributed by atoms with Gasteiger partial charge >= 0.3 is 0 Å². The standard InChI is InChI=1S/C16H15Cl2N3O2S/c17-10-7-9(8-11(18)14(10)19)20-15(22)12-3-1-5-21(12)16(23)13-4-2-6-24-13/h2,4,6-8,12H,1,3,5,19H2,(H,20,22). The van der Waals surface area contributed by atoms with Gasteiger partial charge in [0.15, 0.2) is 0 Å². The van der Waals surface area contributed by atoms with Crippen LogP contribution in [0.4, 0.5) is 11.4 Å². The van der Waals surface area contributed by atoms with Gasteiger partial charge in [0, 0.05) is 12.2 Å². The maximum Gasteiger partial charge on any atom is 0.264 e. The maximum atomic E-state index is 12.6. The van der Waals surface area contributed by atoms with E-state index in [1.54, 1.807) is 23.1 Å². The normalized spacial score (nSPS) is 17.1. The SMILES string of the molecule is Nc1c(Cl)cc(NC(=O)C2CCCN2C(=O)c2cccs2)cc1Cl. The summed E-state index contributed by atoms with van der Waals surface area (Å²) in [4.78, 5) is 27.4. The number of rotatable bonds is 3. The molecule has 0 saturated carbocycles. The van der Waals surface area contributed by atoms with E-state index in [9.17, 15) is 9.59 Å². The first-order chi connectivity index (χ1) is 11.5. The largest absolute Gasteiger partial charge is 0.396 e. The van der Waals surface area contributed by atoms with Crippen molar-refractivity contribution in [3.05, 3.63) is 44.6 Å². The molecule has 3 rings (SSSR count). The smallest absolute Gasteiger partial charge is 0.264 e. The van der Waals surface area contributed by atoms with E-state index in [1.165, 1.54) is 11.3 Å². The Hall–Kier alpha value is -1.76. The summed E-state index contributed by atoms with van der Waals surface area (Å²) >= 11 is 13.3. The summed E-state index contributed by atoms with van der Waals surface area (Å²) in [5, 5.41) is 5.16. The van der Waals surface area contributed by atoms with Gasteiger partial charge in [-0.15, -0.1) is 11.3 Å². The van der Waals surface area contributed by atoms with Gasteiger partial charge in [0.05, 0.1) is 20.6 Å². The second kappa shape index (κ2) is 7.01. The highest BCUT2D eigenvalue weighted by molar-refractivity contribution is 7.12. The summed E-state index contributed by atoms with van der Waals surface area (Å²) in [6, 6.07) is 6.17. The Labute approximate surface area is 153 Å². The lowest BCUT2D eigenvalue weighted by molar-refractivity contribution is -0.119. The zero-order valence-corrected chi connectivity index (χ0v) is 14.9. The third-order valence-corrected chi connectivity index (χ3v) is 5.38. The molecule has 24 heavy (non-hydrogen) atoms. The average Bonchev–Trinajstić information content (AvgIpc) is 3.22. The Kier molecular flexibility index (Phi) is 4.99. The first-order valence-electron chi connectivity index (χ1n) is 7.37. The average molecular weight is 384 g/mol. The molecule has 0 aliphatic carbocycles. The molecule has 1 unspecified atom stereocenters. The third-order valence-electron chi connectivity index (χ3n) is 3.89. The number of nitrogens with one attached hydrogen (secondary N) is 1. The second-order valence-corrected chi connectivity index (χ2v) is 7.24. The third kappa shape index (κ3) is 3.36. The predicted octanol–water partition coefficient (Wildman–Crippen LogP) is 3.88. The van der Waals surface area contributed by atoms with Crippen LogP contribution in [0.2, 0.25) is 10.0 Å². The van der Waals surface area contributed by atoms with E-state index in [0.29, 0.717) is 23.5 Å². The molecule has 1 fully saturated rings. The van der Waals surface area contributed by atoms with Gasteiger partial charge in [-0.05, 0) is 36.4 Å². The molecule has 1 aliphatic rings. The van der Waals surface area contributed by atoms with Gasteiger partial charge < -0.3 is 16.0 Å². The number of benzene rings is 1. The van der Waals surface area contributed by atoms with E-state index in [0.717, 1.165) is 6.42 Å². The molecule has 1 aliphatic heterocycles. The topological polar surface area (TPSA) is 75.4 Å². The molecule has 0 spiro atoms. The molecule has 2 aromatic rings. The number of likely N-dealkylation sites (tertiary alicyclic amines) is 1. The fourth-order valence-corrected chi connectivity index (χ4v) is 3.87. The minimum Gasteiger partial charge on any atom is -0.396 e. The van der Waals surface area contributed by atoms with Crippen molar-refractivity contribution in [2.24, 2.45) is 0 Å². The lowest BCUT2D eigenvalue weighted by Crippen LogP contribution is -2.42. The van der Waals surface area contributed by atoms with Crippen molar-refractivity contribution in [1.82, 2.24) is 4.90 Å². The van der Waals surface area contributed by atoms with E-state index < -0.39 is 6.04 Å². The minimum atomic E-state index is -0.505. The predicted molar refractivity (Wildman–Crippen MR) is 97.9 cm³/mol. The number of nitrogen functional groups attached to an aromatic ring is 1. The van der Waals surface area contributed by atoms with Gasteiger partial charge in [-0.1, -0.05) is 29.3 Å². The number of anilines is 2. The van der Waals surface area contributed by atoms with Gasteiger partial charge in [-0.25, -0.2) is 0 Å². The van der Waals surface area contributed by atoms with Crippen LogP contribution in [0.15, 0.2) is 29.6 Å². The first-order valence-corrected chi connectivity index (χ1v) is 9.01. The van der Waals surface area contributed by atoms with Crippen LogP contribution in [0.3, 0.4) is 0 Å². The molecule has 1 aromatic carbocycles. The molecule has 8 heteroatoms. The number of thiophene rings is 1. The number of amides is 2. The summed E-state index contributed by atoms with van der Waals surface area (Å²) in [5.74, 6) is -0.370. The van der Waals surface area contributed by atoms with Gasteiger partial charge in [0.2, 0.25) is 5.91 Å². The maximum absolute atomic E-state index is 12.6. The highest BCUT2D eigenvalue weighted by Crippen LogP contribution is 2.31. The highest BCUT2D eigenvalue weighted by Gasteiger charge is 2.35. The summed E-state index contributed by atoms with van der Waals surface area (Å²) < 4.78 is 0. The summed E-state index contributed by atoms with van der Waals surface area (Å²) in [6.45, 7) is 0.568. The van der Waals surface area contributed by atoms with Crippen LogP contribution >= 0.6 is 34.5 Å². The number of nitrogens with zero attached hydrogens (tertiary/aromatic N) is 1. The van der Waals surface area contributed by atoms with Crippen molar-refractivity contribution in [2.75, 3.05) is 17.6 Å². The quantitative estimate of drug-likeness (QED) is 0.789. The Morgan fingerprint density at radius 3 is 2.62 bits per heavy atom. The van der Waals surface area contributed by atoms with Gasteiger partial charge in [0.1, 0.15) is 6.04 Å². The highest BCUT2D eigenvalue weighted by atomic mass is 35.5. The number of carbonyl (C=O) groups is 2. The van der Waals surface area contributed by atoms with Crippen molar-refractivity contribution < 1.29 is 9.59 Å². The second-order valence-electron chi connectivity index (χ2n) is 5.48. The number of hydrogen-bond acceptors (Lipinski definition) is 4. The van der Waals surface area contributed by atoms with Crippen molar-refractivity contribution in [3.63, 3.8) is 0 Å². The van der Waals surface area contributed by atoms with Crippen molar-refractivity contribution >= 4 is 57.7 Å². The first kappa shape index (κ1) is 17.1. The van der Waals surface area contributed by atoms with Crippen LogP contribution in [0.5, 0.6) is 0 Å². The zero-order valence-electron chi connectivity index (χ0n) is 12.6. The molecule has 3 N–H and O–H groups in total. The lowest BCUT2D eigenvalue weighted by atomic mass is 10.2. The number of halogens is 2. The molecule has 0 radical (unpaired) electrons. The van der Waals surface area contributed by atoms with E-state index in [1.807, 2.05) is 11.4 Å². The van der Waals surface area contributed by atoms with E-state index >= 15 is 0 Å². The fraction of sp³-hybridized carbons (Fsp3) is 0.250. The molecule has 2 heterocycles. The van der Waals surface area contributed by atoms with Crippen LogP contribution in [0.25, 0.3) is 0 Å². The van der Waals surface area contributed by atoms with Gasteiger partial charge in [-0.2, -0.15) is 0 Å². The van der Waals surface area contributed by atoms with Crippen LogP contribution < -0.4 is 11.1 Å². The number of carbonyl (C=O) groups excluding carboxylic acids is 2. The molecule has 2 amide bonds. The molecule has 5 nitrogen and oxygen atoms in total. The van der Waals surface area contributed by atoms with Crippen LogP contribution in [-0.2, 0) is 4.79 Å². The van der Waals surface area contributed by atoms with Crippen LogP contribution in [0.1, 0.15) is 22.5 Å². The van der Waals surface area contributed by atoms with Crippen molar-refractivity contribution in [1.29, 1.82) is 0 Å². The van der Waals surface area contributed by atoms with E-state index in [2.05, 4.69) is 5.32 Å². The molecule has 1 atom stereocenters. The molecular formula is C16H15Cl2N3O2S.